The Balaban J connectivity index is 2.00. The predicted molar refractivity (Wildman–Crippen MR) is 101 cm³/mol. The Morgan fingerprint density at radius 2 is 2.04 bits per heavy atom. The first kappa shape index (κ1) is 19.4. The number of fused-ring (bicyclic) bond motifs is 1. The molecular formula is C19H29BN2O4. The van der Waals surface area contributed by atoms with E-state index >= 15 is 0 Å². The molecule has 0 amide bonds. The number of likely N-dealkylation sites (N-methyl/N-ethyl adjacent to an activating group) is 1. The van der Waals surface area contributed by atoms with E-state index in [1.165, 1.54) is 0 Å². The third kappa shape index (κ3) is 2.97. The van der Waals surface area contributed by atoms with E-state index in [9.17, 15) is 9.90 Å². The maximum Gasteiger partial charge on any atom is 0.451 e. The number of carboxylic acid groups (broad SMARTS) is 1. The van der Waals surface area contributed by atoms with Gasteiger partial charge in [-0.3, -0.25) is 0 Å². The largest absolute Gasteiger partial charge is 0.480 e. The summed E-state index contributed by atoms with van der Waals surface area (Å²) in [6, 6.07) is 4.13. The summed E-state index contributed by atoms with van der Waals surface area (Å²) < 4.78 is 0. The summed E-state index contributed by atoms with van der Waals surface area (Å²) in [5.74, 6) is -1.02. The average Bonchev–Trinajstić information content (AvgIpc) is 2.84. The van der Waals surface area contributed by atoms with E-state index in [2.05, 4.69) is 18.3 Å². The highest BCUT2D eigenvalue weighted by molar-refractivity contribution is 6.40. The maximum atomic E-state index is 12.4. The van der Waals surface area contributed by atoms with Gasteiger partial charge >= 0.3 is 13.1 Å². The van der Waals surface area contributed by atoms with Gasteiger partial charge in [-0.1, -0.05) is 18.6 Å². The number of nitrogens with one attached hydrogen (secondary N) is 1. The summed E-state index contributed by atoms with van der Waals surface area (Å²) in [5, 5.41) is 31.4. The standard InChI is InChI=1S/C19H29BN2O4/c1-12-9-13-10-14(5-3-8-20(25)26)19(22-2,17(23)24)16(13)11-15(12)18(21)6-4-7-18/h9,11,14,22,25-26H,3-8,10,21H2,1-2H3,(H,23,24)/t14-,19+/m0/s1. The van der Waals surface area contributed by atoms with Crippen LogP contribution in [0.25, 0.3) is 0 Å². The predicted octanol–water partition coefficient (Wildman–Crippen LogP) is 1.26. The van der Waals surface area contributed by atoms with Crippen LogP contribution >= 0.6 is 0 Å². The molecule has 0 heterocycles. The molecular weight excluding hydrogens is 331 g/mol. The smallest absolute Gasteiger partial charge is 0.451 e. The van der Waals surface area contributed by atoms with Crippen molar-refractivity contribution in [2.24, 2.45) is 11.7 Å². The van der Waals surface area contributed by atoms with E-state index in [0.717, 1.165) is 41.5 Å². The van der Waals surface area contributed by atoms with E-state index in [4.69, 9.17) is 15.8 Å². The molecule has 0 unspecified atom stereocenters. The minimum atomic E-state index is -1.35. The molecule has 1 saturated carbocycles. The summed E-state index contributed by atoms with van der Waals surface area (Å²) in [7, 11) is 0.343. The Morgan fingerprint density at radius 3 is 2.54 bits per heavy atom. The molecule has 26 heavy (non-hydrogen) atoms. The normalized spacial score (nSPS) is 26.3. The van der Waals surface area contributed by atoms with E-state index in [0.29, 0.717) is 19.3 Å². The van der Waals surface area contributed by atoms with E-state index in [1.54, 1.807) is 7.05 Å². The van der Waals surface area contributed by atoms with Crippen molar-refractivity contribution < 1.29 is 19.9 Å². The molecule has 2 atom stereocenters. The quantitative estimate of drug-likeness (QED) is 0.468. The lowest BCUT2D eigenvalue weighted by molar-refractivity contribution is -0.147. The average molecular weight is 360 g/mol. The van der Waals surface area contributed by atoms with Crippen LogP contribution in [0.1, 0.15) is 54.4 Å². The summed E-state index contributed by atoms with van der Waals surface area (Å²) in [4.78, 5) is 12.4. The fourth-order valence-electron chi connectivity index (χ4n) is 4.91. The Kier molecular flexibility index (Phi) is 5.18. The third-order valence-corrected chi connectivity index (χ3v) is 6.48. The van der Waals surface area contributed by atoms with Gasteiger partial charge in [0, 0.05) is 5.54 Å². The number of carbonyl (C=O) groups is 1. The molecule has 3 rings (SSSR count). The lowest BCUT2D eigenvalue weighted by Crippen LogP contribution is -2.51. The zero-order chi connectivity index (χ0) is 19.1. The number of hydrogen-bond donors (Lipinski definition) is 5. The molecule has 0 radical (unpaired) electrons. The molecule has 1 aromatic carbocycles. The van der Waals surface area contributed by atoms with Gasteiger partial charge < -0.3 is 26.2 Å². The minimum absolute atomic E-state index is 0.136. The Bertz CT molecular complexity index is 705. The SMILES string of the molecule is CN[C@@]1(C(=O)O)c2cc(C3(N)CCC3)c(C)cc2C[C@@H]1CCCB(O)O. The van der Waals surface area contributed by atoms with Crippen molar-refractivity contribution in [3.05, 3.63) is 34.4 Å². The van der Waals surface area contributed by atoms with Crippen molar-refractivity contribution in [3.63, 3.8) is 0 Å². The number of carboxylic acids is 1. The number of benzene rings is 1. The minimum Gasteiger partial charge on any atom is -0.480 e. The second-order valence-electron chi connectivity index (χ2n) is 8.01. The van der Waals surface area contributed by atoms with Crippen molar-refractivity contribution >= 4 is 13.1 Å². The van der Waals surface area contributed by atoms with Gasteiger partial charge in [-0.25, -0.2) is 4.79 Å². The second-order valence-corrected chi connectivity index (χ2v) is 8.01. The van der Waals surface area contributed by atoms with Crippen molar-refractivity contribution in [3.8, 4) is 0 Å². The molecule has 2 aliphatic rings. The van der Waals surface area contributed by atoms with Crippen LogP contribution < -0.4 is 11.1 Å². The van der Waals surface area contributed by atoms with Crippen LogP contribution in [0.5, 0.6) is 0 Å². The molecule has 6 nitrogen and oxygen atoms in total. The van der Waals surface area contributed by atoms with Crippen molar-refractivity contribution in [1.82, 2.24) is 5.32 Å². The molecule has 0 saturated heterocycles. The van der Waals surface area contributed by atoms with Crippen LogP contribution in [0.4, 0.5) is 0 Å². The molecule has 1 aromatic rings. The number of rotatable bonds is 7. The lowest BCUT2D eigenvalue weighted by atomic mass is 9.70. The van der Waals surface area contributed by atoms with Gasteiger partial charge in [0.05, 0.1) is 0 Å². The van der Waals surface area contributed by atoms with Crippen LogP contribution in [0.2, 0.25) is 6.32 Å². The molecule has 1 fully saturated rings. The summed E-state index contributed by atoms with van der Waals surface area (Å²) in [5.41, 5.74) is 9.13. The number of hydrogen-bond acceptors (Lipinski definition) is 5. The highest BCUT2D eigenvalue weighted by Crippen LogP contribution is 2.48. The summed E-state index contributed by atoms with van der Waals surface area (Å²) in [6.07, 6.45) is 5.08. The van der Waals surface area contributed by atoms with Crippen LogP contribution in [-0.4, -0.2) is 35.3 Å². The number of aliphatic carboxylic acids is 1. The Labute approximate surface area is 154 Å². The summed E-state index contributed by atoms with van der Waals surface area (Å²) in [6.45, 7) is 2.06. The highest BCUT2D eigenvalue weighted by atomic mass is 16.4. The van der Waals surface area contributed by atoms with Gasteiger partial charge in [0.25, 0.3) is 0 Å². The first-order chi connectivity index (χ1) is 12.2. The first-order valence-corrected chi connectivity index (χ1v) is 9.46. The topological polar surface area (TPSA) is 116 Å². The van der Waals surface area contributed by atoms with Crippen LogP contribution in [0.15, 0.2) is 12.1 Å². The molecule has 2 aliphatic carbocycles. The molecule has 6 N–H and O–H groups in total. The summed E-state index contributed by atoms with van der Waals surface area (Å²) >= 11 is 0. The molecule has 142 valence electrons. The van der Waals surface area contributed by atoms with Gasteiger partial charge in [-0.15, -0.1) is 0 Å². The molecule has 0 bridgehead atoms. The third-order valence-electron chi connectivity index (χ3n) is 6.48. The van der Waals surface area contributed by atoms with Gasteiger partial charge in [0.2, 0.25) is 0 Å². The van der Waals surface area contributed by atoms with E-state index < -0.39 is 18.6 Å². The maximum absolute atomic E-state index is 12.4. The van der Waals surface area contributed by atoms with Gasteiger partial charge in [-0.2, -0.15) is 0 Å². The lowest BCUT2D eigenvalue weighted by Gasteiger charge is -2.40. The fraction of sp³-hybridized carbons (Fsp3) is 0.632. The Morgan fingerprint density at radius 1 is 1.35 bits per heavy atom. The van der Waals surface area contributed by atoms with Crippen LogP contribution in [0, 0.1) is 12.8 Å². The second kappa shape index (κ2) is 6.96. The zero-order valence-electron chi connectivity index (χ0n) is 15.6. The van der Waals surface area contributed by atoms with Crippen LogP contribution in [-0.2, 0) is 22.3 Å². The molecule has 7 heteroatoms. The molecule has 0 spiro atoms. The van der Waals surface area contributed by atoms with Gasteiger partial charge in [0.15, 0.2) is 0 Å². The molecule has 0 aliphatic heterocycles. The number of aryl methyl sites for hydroxylation is 1. The van der Waals surface area contributed by atoms with Crippen molar-refractivity contribution in [2.75, 3.05) is 7.05 Å². The first-order valence-electron chi connectivity index (χ1n) is 9.46. The van der Waals surface area contributed by atoms with Crippen molar-refractivity contribution in [2.45, 2.75) is 62.8 Å². The van der Waals surface area contributed by atoms with Crippen LogP contribution in [0.3, 0.4) is 0 Å². The van der Waals surface area contributed by atoms with Gasteiger partial charge in [0.1, 0.15) is 5.54 Å². The van der Waals surface area contributed by atoms with Gasteiger partial charge in [-0.05, 0) is 80.6 Å². The van der Waals surface area contributed by atoms with E-state index in [1.807, 2.05) is 6.07 Å². The fourth-order valence-corrected chi connectivity index (χ4v) is 4.91. The van der Waals surface area contributed by atoms with E-state index in [-0.39, 0.29) is 17.8 Å². The van der Waals surface area contributed by atoms with Crippen molar-refractivity contribution in [1.29, 1.82) is 0 Å². The highest BCUT2D eigenvalue weighted by Gasteiger charge is 2.52. The zero-order valence-corrected chi connectivity index (χ0v) is 15.6. The number of nitrogens with two attached hydrogens (primary N) is 1. The monoisotopic (exact) mass is 360 g/mol. The molecule has 0 aromatic heterocycles. The Hall–Kier alpha value is -1.41.